The zero-order valence-electron chi connectivity index (χ0n) is 13.6. The summed E-state index contributed by atoms with van der Waals surface area (Å²) in [5.74, 6) is -1.47. The third kappa shape index (κ3) is 4.44. The number of nitrogens with zero attached hydrogens (tertiary/aromatic N) is 1. The second-order valence-electron chi connectivity index (χ2n) is 5.60. The molecule has 0 radical (unpaired) electrons. The van der Waals surface area contributed by atoms with Crippen molar-refractivity contribution in [2.24, 2.45) is 7.05 Å². The number of aliphatic carboxylic acids is 1. The summed E-state index contributed by atoms with van der Waals surface area (Å²) in [5, 5.41) is 11.6. The standard InChI is InChI=1S/C16H24N2O4/c1-5-6-7-12(9-14(19)20)17-15(21)13-8-10(2)11(3)18(4)16(13)22/h8,12H,5-7,9H2,1-4H3,(H,17,21)(H,19,20). The summed E-state index contributed by atoms with van der Waals surface area (Å²) in [5.41, 5.74) is 1.33. The normalized spacial score (nSPS) is 12.0. The Morgan fingerprint density at radius 2 is 2.00 bits per heavy atom. The van der Waals surface area contributed by atoms with Gasteiger partial charge in [-0.05, 0) is 31.9 Å². The van der Waals surface area contributed by atoms with Gasteiger partial charge < -0.3 is 15.0 Å². The van der Waals surface area contributed by atoms with Gasteiger partial charge in [-0.1, -0.05) is 19.8 Å². The highest BCUT2D eigenvalue weighted by Gasteiger charge is 2.20. The molecule has 0 saturated heterocycles. The van der Waals surface area contributed by atoms with Gasteiger partial charge in [0.25, 0.3) is 11.5 Å². The van der Waals surface area contributed by atoms with E-state index in [0.29, 0.717) is 6.42 Å². The first kappa shape index (κ1) is 17.9. The number of carboxylic acids is 1. The van der Waals surface area contributed by atoms with Gasteiger partial charge in [0, 0.05) is 18.8 Å². The molecule has 1 atom stereocenters. The summed E-state index contributed by atoms with van der Waals surface area (Å²) in [6.07, 6.45) is 2.18. The van der Waals surface area contributed by atoms with Crippen LogP contribution in [0.2, 0.25) is 0 Å². The van der Waals surface area contributed by atoms with E-state index < -0.39 is 17.9 Å². The summed E-state index contributed by atoms with van der Waals surface area (Å²) in [7, 11) is 1.62. The van der Waals surface area contributed by atoms with Gasteiger partial charge in [0.15, 0.2) is 0 Å². The third-order valence-corrected chi connectivity index (χ3v) is 3.88. The minimum atomic E-state index is -0.964. The Balaban J connectivity index is 2.99. The van der Waals surface area contributed by atoms with Crippen molar-refractivity contribution in [1.82, 2.24) is 9.88 Å². The molecule has 0 aliphatic carbocycles. The fourth-order valence-electron chi connectivity index (χ4n) is 2.29. The lowest BCUT2D eigenvalue weighted by Gasteiger charge is -2.17. The number of aromatic nitrogens is 1. The third-order valence-electron chi connectivity index (χ3n) is 3.88. The molecule has 22 heavy (non-hydrogen) atoms. The van der Waals surface area contributed by atoms with E-state index in [1.54, 1.807) is 13.1 Å². The highest BCUT2D eigenvalue weighted by molar-refractivity contribution is 5.94. The Labute approximate surface area is 130 Å². The average Bonchev–Trinajstić information content (AvgIpc) is 2.45. The molecule has 0 spiro atoms. The number of hydrogen-bond acceptors (Lipinski definition) is 3. The molecule has 0 aliphatic heterocycles. The van der Waals surface area contributed by atoms with Gasteiger partial charge in [-0.15, -0.1) is 0 Å². The molecule has 1 aromatic rings. The van der Waals surface area contributed by atoms with Crippen LogP contribution in [0.4, 0.5) is 0 Å². The van der Waals surface area contributed by atoms with Crippen molar-refractivity contribution >= 4 is 11.9 Å². The van der Waals surface area contributed by atoms with Crippen LogP contribution < -0.4 is 10.9 Å². The highest BCUT2D eigenvalue weighted by atomic mass is 16.4. The van der Waals surface area contributed by atoms with Gasteiger partial charge >= 0.3 is 5.97 Å². The first-order valence-corrected chi connectivity index (χ1v) is 7.47. The first-order chi connectivity index (χ1) is 10.3. The zero-order valence-corrected chi connectivity index (χ0v) is 13.6. The predicted molar refractivity (Wildman–Crippen MR) is 84.2 cm³/mol. The summed E-state index contributed by atoms with van der Waals surface area (Å²) in [6.45, 7) is 5.64. The summed E-state index contributed by atoms with van der Waals surface area (Å²) < 4.78 is 1.43. The highest BCUT2D eigenvalue weighted by Crippen LogP contribution is 2.08. The number of hydrogen-bond donors (Lipinski definition) is 2. The number of pyridine rings is 1. The first-order valence-electron chi connectivity index (χ1n) is 7.47. The molecule has 1 amide bonds. The SMILES string of the molecule is CCCCC(CC(=O)O)NC(=O)c1cc(C)c(C)n(C)c1=O. The van der Waals surface area contributed by atoms with Crippen LogP contribution in [0.1, 0.15) is 54.2 Å². The van der Waals surface area contributed by atoms with Crippen molar-refractivity contribution in [3.63, 3.8) is 0 Å². The lowest BCUT2D eigenvalue weighted by molar-refractivity contribution is -0.137. The summed E-state index contributed by atoms with van der Waals surface area (Å²) in [6, 6.07) is 1.10. The zero-order chi connectivity index (χ0) is 16.9. The van der Waals surface area contributed by atoms with Gasteiger partial charge in [-0.25, -0.2) is 0 Å². The molecule has 1 rings (SSSR count). The molecule has 0 aliphatic rings. The summed E-state index contributed by atoms with van der Waals surface area (Å²) in [4.78, 5) is 35.4. The number of carbonyl (C=O) groups excluding carboxylic acids is 1. The second kappa shape index (κ2) is 7.77. The quantitative estimate of drug-likeness (QED) is 0.803. The molecule has 1 heterocycles. The van der Waals surface area contributed by atoms with Crippen LogP contribution in [-0.4, -0.2) is 27.6 Å². The molecule has 1 aromatic heterocycles. The van der Waals surface area contributed by atoms with Gasteiger partial charge in [-0.3, -0.25) is 14.4 Å². The Kier molecular flexibility index (Phi) is 6.34. The maximum atomic E-state index is 12.3. The molecule has 0 bridgehead atoms. The van der Waals surface area contributed by atoms with Crippen molar-refractivity contribution < 1.29 is 14.7 Å². The smallest absolute Gasteiger partial charge is 0.305 e. The fourth-order valence-corrected chi connectivity index (χ4v) is 2.29. The largest absolute Gasteiger partial charge is 0.481 e. The van der Waals surface area contributed by atoms with E-state index in [9.17, 15) is 14.4 Å². The van der Waals surface area contributed by atoms with Gasteiger partial charge in [0.1, 0.15) is 5.56 Å². The maximum absolute atomic E-state index is 12.3. The number of carboxylic acid groups (broad SMARTS) is 1. The van der Waals surface area contributed by atoms with Crippen LogP contribution in [0.15, 0.2) is 10.9 Å². The van der Waals surface area contributed by atoms with Crippen LogP contribution in [0, 0.1) is 13.8 Å². The molecule has 0 aromatic carbocycles. The monoisotopic (exact) mass is 308 g/mol. The van der Waals surface area contributed by atoms with Crippen LogP contribution in [0.3, 0.4) is 0 Å². The predicted octanol–water partition coefficient (Wildman–Crippen LogP) is 1.77. The number of carbonyl (C=O) groups is 2. The van der Waals surface area contributed by atoms with E-state index in [-0.39, 0.29) is 17.5 Å². The van der Waals surface area contributed by atoms with Crippen molar-refractivity contribution in [2.45, 2.75) is 52.5 Å². The van der Waals surface area contributed by atoms with Crippen molar-refractivity contribution in [3.05, 3.63) is 33.2 Å². The van der Waals surface area contributed by atoms with Crippen molar-refractivity contribution in [3.8, 4) is 0 Å². The van der Waals surface area contributed by atoms with Crippen molar-refractivity contribution in [2.75, 3.05) is 0 Å². The molecule has 2 N–H and O–H groups in total. The average molecular weight is 308 g/mol. The lowest BCUT2D eigenvalue weighted by Crippen LogP contribution is -2.40. The van der Waals surface area contributed by atoms with E-state index in [4.69, 9.17) is 5.11 Å². The number of amides is 1. The topological polar surface area (TPSA) is 88.4 Å². The van der Waals surface area contributed by atoms with E-state index in [2.05, 4.69) is 5.32 Å². The molecule has 122 valence electrons. The number of unbranched alkanes of at least 4 members (excludes halogenated alkanes) is 1. The molecule has 6 heteroatoms. The van der Waals surface area contributed by atoms with Crippen LogP contribution >= 0.6 is 0 Å². The molecule has 1 unspecified atom stereocenters. The lowest BCUT2D eigenvalue weighted by atomic mass is 10.1. The summed E-state index contributed by atoms with van der Waals surface area (Å²) >= 11 is 0. The fraction of sp³-hybridized carbons (Fsp3) is 0.562. The molecule has 6 nitrogen and oxygen atoms in total. The number of nitrogens with one attached hydrogen (secondary N) is 1. The van der Waals surface area contributed by atoms with E-state index in [1.165, 1.54) is 4.57 Å². The van der Waals surface area contributed by atoms with E-state index in [0.717, 1.165) is 24.1 Å². The van der Waals surface area contributed by atoms with E-state index in [1.807, 2.05) is 20.8 Å². The van der Waals surface area contributed by atoms with Crippen molar-refractivity contribution in [1.29, 1.82) is 0 Å². The molecular weight excluding hydrogens is 284 g/mol. The van der Waals surface area contributed by atoms with Gasteiger partial charge in [0.2, 0.25) is 0 Å². The van der Waals surface area contributed by atoms with Crippen LogP contribution in [-0.2, 0) is 11.8 Å². The maximum Gasteiger partial charge on any atom is 0.305 e. The van der Waals surface area contributed by atoms with Gasteiger partial charge in [-0.2, -0.15) is 0 Å². The van der Waals surface area contributed by atoms with E-state index >= 15 is 0 Å². The second-order valence-corrected chi connectivity index (χ2v) is 5.60. The Hall–Kier alpha value is -2.11. The number of rotatable bonds is 7. The number of aryl methyl sites for hydroxylation is 1. The van der Waals surface area contributed by atoms with Gasteiger partial charge in [0.05, 0.1) is 6.42 Å². The Morgan fingerprint density at radius 3 is 2.55 bits per heavy atom. The Bertz CT molecular complexity index is 619. The molecule has 0 fully saturated rings. The van der Waals surface area contributed by atoms with Crippen LogP contribution in [0.25, 0.3) is 0 Å². The minimum Gasteiger partial charge on any atom is -0.481 e. The Morgan fingerprint density at radius 1 is 1.36 bits per heavy atom. The minimum absolute atomic E-state index is 0.0532. The molecule has 0 saturated carbocycles. The molecular formula is C16H24N2O4. The van der Waals surface area contributed by atoms with Crippen LogP contribution in [0.5, 0.6) is 0 Å².